The van der Waals surface area contributed by atoms with E-state index in [1.807, 2.05) is 0 Å². The van der Waals surface area contributed by atoms with Crippen LogP contribution in [0.1, 0.15) is 65.8 Å². The van der Waals surface area contributed by atoms with Crippen molar-refractivity contribution < 1.29 is 40.8 Å². The van der Waals surface area contributed by atoms with Gasteiger partial charge in [0.05, 0.1) is 28.3 Å². The lowest BCUT2D eigenvalue weighted by Gasteiger charge is -2.33. The van der Waals surface area contributed by atoms with Gasteiger partial charge in [-0.3, -0.25) is 14.4 Å². The van der Waals surface area contributed by atoms with E-state index >= 15 is 0 Å². The lowest BCUT2D eigenvalue weighted by atomic mass is 9.90. The van der Waals surface area contributed by atoms with Crippen LogP contribution >= 0.6 is 0 Å². The third kappa shape index (κ3) is 9.70. The summed E-state index contributed by atoms with van der Waals surface area (Å²) in [6.07, 6.45) is -1.05. The van der Waals surface area contributed by atoms with Crippen LogP contribution in [0, 0.1) is 0 Å². The molecule has 3 rings (SSSR count). The number of halogens is 3. The number of hydrogen-bond acceptors (Lipinski definition) is 6. The summed E-state index contributed by atoms with van der Waals surface area (Å²) in [5.41, 5.74) is -1.53. The first kappa shape index (κ1) is 33.4. The summed E-state index contributed by atoms with van der Waals surface area (Å²) in [6.45, 7) is 2.79. The van der Waals surface area contributed by atoms with Gasteiger partial charge in [0.1, 0.15) is 0 Å². The highest BCUT2D eigenvalue weighted by Gasteiger charge is 2.32. The van der Waals surface area contributed by atoms with Crippen LogP contribution in [0.3, 0.4) is 0 Å². The molecule has 0 saturated heterocycles. The number of hydrogen-bond donors (Lipinski definition) is 5. The molecule has 0 radical (unpaired) electrons. The summed E-state index contributed by atoms with van der Waals surface area (Å²) in [4.78, 5) is 50.6. The number of urea groups is 1. The summed E-state index contributed by atoms with van der Waals surface area (Å²) in [5, 5.41) is 12.8. The van der Waals surface area contributed by atoms with Gasteiger partial charge in [-0.15, -0.1) is 0 Å². The van der Waals surface area contributed by atoms with E-state index in [1.165, 1.54) is 24.3 Å². The Morgan fingerprint density at radius 2 is 1.51 bits per heavy atom. The number of carbonyl (C=O) groups is 4. The monoisotopic (exact) mass is 625 g/mol. The Balaban J connectivity index is 1.65. The van der Waals surface area contributed by atoms with Crippen LogP contribution in [0.15, 0.2) is 47.4 Å². The Labute approximate surface area is 247 Å². The van der Waals surface area contributed by atoms with Crippen LogP contribution in [-0.4, -0.2) is 63.1 Å². The highest BCUT2D eigenvalue weighted by Crippen LogP contribution is 2.32. The third-order valence-electron chi connectivity index (χ3n) is 6.64. The number of carbonyl (C=O) groups excluding carboxylic acids is 4. The minimum Gasteiger partial charge on any atom is -0.350 e. The molecule has 0 spiro atoms. The van der Waals surface area contributed by atoms with Crippen molar-refractivity contribution >= 4 is 39.3 Å². The Bertz CT molecular complexity index is 1460. The van der Waals surface area contributed by atoms with E-state index in [2.05, 4.69) is 26.6 Å². The maximum absolute atomic E-state index is 13.3. The van der Waals surface area contributed by atoms with Gasteiger partial charge >= 0.3 is 12.2 Å². The van der Waals surface area contributed by atoms with Crippen molar-refractivity contribution in [3.05, 3.63) is 59.2 Å². The average molecular weight is 626 g/mol. The molecule has 1 aliphatic rings. The number of anilines is 1. The molecule has 2 atom stereocenters. The second kappa shape index (κ2) is 13.9. The zero-order chi connectivity index (χ0) is 31.9. The second-order valence-corrected chi connectivity index (χ2v) is 12.5. The fourth-order valence-corrected chi connectivity index (χ4v) is 5.16. The minimum atomic E-state index is -4.75. The standard InChI is InChI=1S/C28H34F3N5O6S/c1-16(2)33-27(40)36-21-13-10-18(28(29,30)31)14-20(21)26(39)32-15-24(37)34-22-6-4-5-7-23(22)35-25(38)17-8-11-19(12-9-17)43(3,41)42/h8-14,16,22-23H,4-7,15H2,1-3H3,(H,32,39)(H,34,37)(H,35,38)(H2,33,36,40). The molecular formula is C28H34F3N5O6S. The molecule has 2 aromatic carbocycles. The van der Waals surface area contributed by atoms with E-state index in [-0.39, 0.29) is 22.2 Å². The number of sulfone groups is 1. The summed E-state index contributed by atoms with van der Waals surface area (Å²) >= 11 is 0. The van der Waals surface area contributed by atoms with Gasteiger partial charge in [0.25, 0.3) is 11.8 Å². The first-order valence-electron chi connectivity index (χ1n) is 13.5. The summed E-state index contributed by atoms with van der Waals surface area (Å²) in [5.74, 6) is -2.09. The van der Waals surface area contributed by atoms with E-state index in [4.69, 9.17) is 0 Å². The zero-order valence-electron chi connectivity index (χ0n) is 23.8. The topological polar surface area (TPSA) is 163 Å². The first-order chi connectivity index (χ1) is 20.0. The lowest BCUT2D eigenvalue weighted by Crippen LogP contribution is -2.54. The Hall–Kier alpha value is -4.14. The predicted octanol–water partition coefficient (Wildman–Crippen LogP) is 3.23. The average Bonchev–Trinajstić information content (AvgIpc) is 2.91. The van der Waals surface area contributed by atoms with Crippen LogP contribution in [0.2, 0.25) is 0 Å². The lowest BCUT2D eigenvalue weighted by molar-refractivity contribution is -0.137. The maximum atomic E-state index is 13.3. The zero-order valence-corrected chi connectivity index (χ0v) is 24.6. The molecule has 1 aliphatic carbocycles. The van der Waals surface area contributed by atoms with Gasteiger partial charge in [0.15, 0.2) is 9.84 Å². The van der Waals surface area contributed by atoms with Crippen LogP contribution in [0.4, 0.5) is 23.7 Å². The Kier molecular flexibility index (Phi) is 10.8. The van der Waals surface area contributed by atoms with Gasteiger partial charge < -0.3 is 26.6 Å². The SMILES string of the molecule is CC(C)NC(=O)Nc1ccc(C(F)(F)F)cc1C(=O)NCC(=O)NC1CCCCC1NC(=O)c1ccc(S(C)(=O)=O)cc1. The van der Waals surface area contributed by atoms with Crippen molar-refractivity contribution in [3.8, 4) is 0 Å². The van der Waals surface area contributed by atoms with Gasteiger partial charge in [0.2, 0.25) is 5.91 Å². The fourth-order valence-electron chi connectivity index (χ4n) is 4.53. The highest BCUT2D eigenvalue weighted by atomic mass is 32.2. The highest BCUT2D eigenvalue weighted by molar-refractivity contribution is 7.90. The number of alkyl halides is 3. The van der Waals surface area contributed by atoms with Crippen molar-refractivity contribution in [2.24, 2.45) is 0 Å². The smallest absolute Gasteiger partial charge is 0.350 e. The molecule has 0 aromatic heterocycles. The molecule has 1 fully saturated rings. The van der Waals surface area contributed by atoms with E-state index in [0.29, 0.717) is 18.9 Å². The van der Waals surface area contributed by atoms with Crippen molar-refractivity contribution in [2.45, 2.75) is 68.7 Å². The predicted molar refractivity (Wildman–Crippen MR) is 152 cm³/mol. The van der Waals surface area contributed by atoms with Gasteiger partial charge in [0, 0.05) is 29.9 Å². The fraction of sp³-hybridized carbons (Fsp3) is 0.429. The van der Waals surface area contributed by atoms with Crippen LogP contribution < -0.4 is 26.6 Å². The Morgan fingerprint density at radius 1 is 0.907 bits per heavy atom. The largest absolute Gasteiger partial charge is 0.416 e. The molecule has 15 heteroatoms. The van der Waals surface area contributed by atoms with E-state index in [0.717, 1.165) is 31.2 Å². The molecule has 234 valence electrons. The van der Waals surface area contributed by atoms with Gasteiger partial charge in [-0.05, 0) is 69.2 Å². The molecule has 0 heterocycles. The molecule has 11 nitrogen and oxygen atoms in total. The van der Waals surface area contributed by atoms with Crippen LogP contribution in [0.5, 0.6) is 0 Å². The molecule has 2 aromatic rings. The number of rotatable bonds is 9. The molecule has 1 saturated carbocycles. The van der Waals surface area contributed by atoms with E-state index < -0.39 is 69.5 Å². The first-order valence-corrected chi connectivity index (χ1v) is 15.4. The van der Waals surface area contributed by atoms with Crippen molar-refractivity contribution in [1.29, 1.82) is 0 Å². The molecule has 0 bridgehead atoms. The minimum absolute atomic E-state index is 0.0702. The molecule has 5 amide bonds. The van der Waals surface area contributed by atoms with Crippen molar-refractivity contribution in [3.63, 3.8) is 0 Å². The quantitative estimate of drug-likeness (QED) is 0.287. The van der Waals surface area contributed by atoms with Crippen molar-refractivity contribution in [2.75, 3.05) is 18.1 Å². The van der Waals surface area contributed by atoms with Gasteiger partial charge in [-0.1, -0.05) is 12.8 Å². The molecule has 43 heavy (non-hydrogen) atoms. The molecular weight excluding hydrogens is 591 g/mol. The number of amides is 5. The van der Waals surface area contributed by atoms with Gasteiger partial charge in [-0.25, -0.2) is 13.2 Å². The molecule has 2 unspecified atom stereocenters. The number of nitrogens with one attached hydrogen (secondary N) is 5. The number of benzene rings is 2. The second-order valence-electron chi connectivity index (χ2n) is 10.5. The Morgan fingerprint density at radius 3 is 2.07 bits per heavy atom. The van der Waals surface area contributed by atoms with Gasteiger partial charge in [-0.2, -0.15) is 13.2 Å². The van der Waals surface area contributed by atoms with E-state index in [1.54, 1.807) is 13.8 Å². The molecule has 0 aliphatic heterocycles. The van der Waals surface area contributed by atoms with Crippen LogP contribution in [-0.2, 0) is 20.8 Å². The summed E-state index contributed by atoms with van der Waals surface area (Å²) in [7, 11) is -3.43. The normalized spacial score (nSPS) is 17.1. The van der Waals surface area contributed by atoms with Crippen molar-refractivity contribution in [1.82, 2.24) is 21.3 Å². The maximum Gasteiger partial charge on any atom is 0.416 e. The third-order valence-corrected chi connectivity index (χ3v) is 7.77. The van der Waals surface area contributed by atoms with E-state index in [9.17, 15) is 40.8 Å². The summed E-state index contributed by atoms with van der Waals surface area (Å²) in [6, 6.07) is 5.78. The summed E-state index contributed by atoms with van der Waals surface area (Å²) < 4.78 is 63.3. The molecule has 5 N–H and O–H groups in total. The van der Waals surface area contributed by atoms with Crippen LogP contribution in [0.25, 0.3) is 0 Å².